The van der Waals surface area contributed by atoms with Crippen molar-refractivity contribution in [2.75, 3.05) is 0 Å². The summed E-state index contributed by atoms with van der Waals surface area (Å²) in [7, 11) is 0. The molecule has 0 spiro atoms. The van der Waals surface area contributed by atoms with Gasteiger partial charge >= 0.3 is 0 Å². The third-order valence-corrected chi connectivity index (χ3v) is 1.65. The molecule has 0 aliphatic rings. The first-order chi connectivity index (χ1) is 7.47. The Morgan fingerprint density at radius 3 is 2.40 bits per heavy atom. The molecule has 1 N–H and O–H groups in total. The molecule has 0 aliphatic carbocycles. The van der Waals surface area contributed by atoms with E-state index < -0.39 is 0 Å². The maximum atomic E-state index is 3.99. The number of hydrogen-bond acceptors (Lipinski definition) is 4. The number of aromatic amines is 1. The van der Waals surface area contributed by atoms with E-state index in [9.17, 15) is 0 Å². The minimum atomic E-state index is 0.637. The minimum Gasteiger partial charge on any atom is -0.368 e. The zero-order chi connectivity index (χ0) is 10.3. The van der Waals surface area contributed by atoms with Crippen molar-refractivity contribution in [3.8, 4) is 0 Å². The van der Waals surface area contributed by atoms with E-state index in [0.29, 0.717) is 5.65 Å². The van der Waals surface area contributed by atoms with Gasteiger partial charge in [0.2, 0.25) is 0 Å². The van der Waals surface area contributed by atoms with E-state index in [-0.39, 0.29) is 0 Å². The van der Waals surface area contributed by atoms with Gasteiger partial charge in [0.15, 0.2) is 5.65 Å². The van der Waals surface area contributed by atoms with Crippen LogP contribution in [0.1, 0.15) is 0 Å². The Hall–Kier alpha value is -2.30. The molecule has 0 bridgehead atoms. The summed E-state index contributed by atoms with van der Waals surface area (Å²) >= 11 is 0. The van der Waals surface area contributed by atoms with Crippen LogP contribution in [0, 0.1) is 0 Å². The molecule has 5 nitrogen and oxygen atoms in total. The zero-order valence-electron chi connectivity index (χ0n) is 7.91. The number of nitrogens with zero attached hydrogens (tertiary/aromatic N) is 4. The Bertz CT molecular complexity index is 423. The van der Waals surface area contributed by atoms with E-state index in [1.54, 1.807) is 18.6 Å². The first-order valence-corrected chi connectivity index (χ1v) is 4.41. The number of fused-ring (bicyclic) bond motifs is 1. The van der Waals surface area contributed by atoms with Gasteiger partial charge in [-0.15, -0.1) is 0 Å². The molecule has 0 fully saturated rings. The predicted molar refractivity (Wildman–Crippen MR) is 55.9 cm³/mol. The van der Waals surface area contributed by atoms with Gasteiger partial charge in [-0.1, -0.05) is 0 Å². The van der Waals surface area contributed by atoms with Crippen molar-refractivity contribution >= 4 is 11.2 Å². The highest BCUT2D eigenvalue weighted by atomic mass is 14.9. The zero-order valence-corrected chi connectivity index (χ0v) is 7.91. The second-order valence-corrected chi connectivity index (χ2v) is 2.67. The van der Waals surface area contributed by atoms with E-state index in [1.807, 2.05) is 24.5 Å². The van der Waals surface area contributed by atoms with E-state index in [2.05, 4.69) is 24.9 Å². The van der Waals surface area contributed by atoms with Crippen LogP contribution in [0.3, 0.4) is 0 Å². The highest BCUT2D eigenvalue weighted by Crippen LogP contribution is 1.98. The topological polar surface area (TPSA) is 67.3 Å². The van der Waals surface area contributed by atoms with Gasteiger partial charge in [0.25, 0.3) is 0 Å². The molecule has 0 aliphatic heterocycles. The normalized spacial score (nSPS) is 9.33. The smallest absolute Gasteiger partial charge is 0.181 e. The summed E-state index contributed by atoms with van der Waals surface area (Å²) in [5, 5.41) is 0. The van der Waals surface area contributed by atoms with Crippen LogP contribution in [0.15, 0.2) is 49.4 Å². The summed E-state index contributed by atoms with van der Waals surface area (Å²) in [6, 6.07) is 3.89. The first-order valence-electron chi connectivity index (χ1n) is 4.41. The van der Waals surface area contributed by atoms with Crippen molar-refractivity contribution in [1.82, 2.24) is 24.9 Å². The number of nitrogens with one attached hydrogen (secondary N) is 1. The fourth-order valence-corrected chi connectivity index (χ4v) is 1.00. The Morgan fingerprint density at radius 1 is 0.933 bits per heavy atom. The highest BCUT2D eigenvalue weighted by molar-refractivity contribution is 5.66. The van der Waals surface area contributed by atoms with Crippen molar-refractivity contribution < 1.29 is 0 Å². The van der Waals surface area contributed by atoms with E-state index in [0.717, 1.165) is 5.52 Å². The summed E-state index contributed by atoms with van der Waals surface area (Å²) in [5.41, 5.74) is 1.36. The van der Waals surface area contributed by atoms with Gasteiger partial charge in [-0.05, 0) is 12.1 Å². The number of hydrogen-bond donors (Lipinski definition) is 1. The second-order valence-electron chi connectivity index (χ2n) is 2.67. The molecule has 3 heterocycles. The maximum absolute atomic E-state index is 3.99. The van der Waals surface area contributed by atoms with Crippen molar-refractivity contribution in [2.24, 2.45) is 0 Å². The van der Waals surface area contributed by atoms with E-state index in [4.69, 9.17) is 0 Å². The molecule has 3 aromatic heterocycles. The van der Waals surface area contributed by atoms with Crippen LogP contribution in [-0.2, 0) is 0 Å². The average molecular weight is 199 g/mol. The summed E-state index contributed by atoms with van der Waals surface area (Å²) in [4.78, 5) is 18.5. The molecule has 0 radical (unpaired) electrons. The van der Waals surface area contributed by atoms with Crippen molar-refractivity contribution in [1.29, 1.82) is 0 Å². The van der Waals surface area contributed by atoms with Crippen molar-refractivity contribution in [3.05, 3.63) is 49.4 Å². The minimum absolute atomic E-state index is 0.637. The molecular formula is C10H9N5. The van der Waals surface area contributed by atoms with Crippen molar-refractivity contribution in [3.63, 3.8) is 0 Å². The van der Waals surface area contributed by atoms with Gasteiger partial charge in [-0.3, -0.25) is 0 Å². The molecule has 5 heteroatoms. The molecule has 3 rings (SSSR count). The third kappa shape index (κ3) is 2.57. The molecule has 0 amide bonds. The van der Waals surface area contributed by atoms with Gasteiger partial charge in [0.1, 0.15) is 11.8 Å². The maximum Gasteiger partial charge on any atom is 0.181 e. The summed E-state index contributed by atoms with van der Waals surface area (Å²) in [5.74, 6) is 0. The summed E-state index contributed by atoms with van der Waals surface area (Å²) in [6.07, 6.45) is 10.1. The van der Waals surface area contributed by atoms with Gasteiger partial charge < -0.3 is 4.98 Å². The van der Waals surface area contributed by atoms with Gasteiger partial charge in [-0.2, -0.15) is 0 Å². The Morgan fingerprint density at radius 2 is 1.73 bits per heavy atom. The van der Waals surface area contributed by atoms with E-state index >= 15 is 0 Å². The van der Waals surface area contributed by atoms with Crippen LogP contribution in [0.2, 0.25) is 0 Å². The molecule has 0 saturated carbocycles. The molecular weight excluding hydrogens is 190 g/mol. The Labute approximate surface area is 86.3 Å². The number of H-pyrrole nitrogens is 1. The fraction of sp³-hybridized carbons (Fsp3) is 0. The molecule has 0 saturated heterocycles. The van der Waals surface area contributed by atoms with Gasteiger partial charge in [-0.25, -0.2) is 19.9 Å². The third-order valence-electron chi connectivity index (χ3n) is 1.65. The fourth-order valence-electron chi connectivity index (χ4n) is 1.00. The first kappa shape index (κ1) is 9.26. The average Bonchev–Trinajstić information content (AvgIpc) is 2.88. The van der Waals surface area contributed by atoms with Crippen LogP contribution in [0.4, 0.5) is 0 Å². The quantitative estimate of drug-likeness (QED) is 0.594. The molecule has 0 unspecified atom stereocenters. The summed E-state index contributed by atoms with van der Waals surface area (Å²) < 4.78 is 0. The van der Waals surface area contributed by atoms with Gasteiger partial charge in [0.05, 0.1) is 6.20 Å². The summed E-state index contributed by atoms with van der Waals surface area (Å²) in [6.45, 7) is 0. The standard InChI is InChI=1S/C6H4N4.C4H5N/c1-2-9-6-5(8-1)3-7-4-10-6;1-2-4-5-3-1/h1-4H;1-5H. The lowest BCUT2D eigenvalue weighted by Crippen LogP contribution is -1.85. The monoisotopic (exact) mass is 199 g/mol. The lowest BCUT2D eigenvalue weighted by atomic mass is 10.5. The second kappa shape index (κ2) is 4.80. The molecule has 0 aromatic carbocycles. The van der Waals surface area contributed by atoms with Crippen LogP contribution in [-0.4, -0.2) is 24.9 Å². The molecule has 3 aromatic rings. The lowest BCUT2D eigenvalue weighted by Gasteiger charge is -1.89. The van der Waals surface area contributed by atoms with Crippen LogP contribution >= 0.6 is 0 Å². The Kier molecular flexibility index (Phi) is 2.97. The Balaban J connectivity index is 0.000000144. The van der Waals surface area contributed by atoms with Gasteiger partial charge in [0, 0.05) is 24.8 Å². The number of rotatable bonds is 0. The SMILES string of the molecule is c1cc[nH]c1.c1cnc2ncncc2n1. The predicted octanol–water partition coefficient (Wildman–Crippen LogP) is 1.43. The van der Waals surface area contributed by atoms with Crippen LogP contribution in [0.5, 0.6) is 0 Å². The molecule has 15 heavy (non-hydrogen) atoms. The van der Waals surface area contributed by atoms with Crippen LogP contribution in [0.25, 0.3) is 11.2 Å². The number of aromatic nitrogens is 5. The van der Waals surface area contributed by atoms with Crippen molar-refractivity contribution in [2.45, 2.75) is 0 Å². The highest BCUT2D eigenvalue weighted by Gasteiger charge is 1.90. The van der Waals surface area contributed by atoms with Crippen LogP contribution < -0.4 is 0 Å². The molecule has 0 atom stereocenters. The lowest BCUT2D eigenvalue weighted by molar-refractivity contribution is 1.15. The largest absolute Gasteiger partial charge is 0.368 e. The van der Waals surface area contributed by atoms with E-state index in [1.165, 1.54) is 6.33 Å². The molecule has 74 valence electrons.